The third kappa shape index (κ3) is 3.46. The Labute approximate surface area is 116 Å². The van der Waals surface area contributed by atoms with Crippen LogP contribution in [0.2, 0.25) is 32.7 Å². The van der Waals surface area contributed by atoms with Crippen LogP contribution in [0.3, 0.4) is 0 Å². The van der Waals surface area contributed by atoms with Crippen LogP contribution < -0.4 is 10.4 Å². The van der Waals surface area contributed by atoms with E-state index >= 15 is 0 Å². The van der Waals surface area contributed by atoms with Crippen LogP contribution in [0.1, 0.15) is 10.4 Å². The first-order valence-electron chi connectivity index (χ1n) is 6.03. The van der Waals surface area contributed by atoms with Crippen molar-refractivity contribution in [2.45, 2.75) is 32.7 Å². The van der Waals surface area contributed by atoms with Crippen molar-refractivity contribution >= 4 is 44.1 Å². The first-order chi connectivity index (χ1) is 8.08. The maximum atomic E-state index is 11.2. The van der Waals surface area contributed by atoms with Crippen LogP contribution >= 0.6 is 11.6 Å². The fourth-order valence-electron chi connectivity index (χ4n) is 1.65. The number of hydrogen-bond donors (Lipinski definition) is 1. The van der Waals surface area contributed by atoms with Gasteiger partial charge in [0.1, 0.15) is 0 Å². The first-order valence-corrected chi connectivity index (χ1v) is 13.3. The summed E-state index contributed by atoms with van der Waals surface area (Å²) >= 11 is 6.05. The average molecular weight is 301 g/mol. The van der Waals surface area contributed by atoms with Crippen LogP contribution in [0.5, 0.6) is 0 Å². The van der Waals surface area contributed by atoms with Crippen molar-refractivity contribution in [2.24, 2.45) is 0 Å². The molecular formula is C13H21ClO2Si2. The van der Waals surface area contributed by atoms with Gasteiger partial charge in [-0.1, -0.05) is 49.2 Å². The van der Waals surface area contributed by atoms with Crippen molar-refractivity contribution in [3.05, 3.63) is 23.8 Å². The molecule has 18 heavy (non-hydrogen) atoms. The fraction of sp³-hybridized carbons (Fsp3) is 0.462. The summed E-state index contributed by atoms with van der Waals surface area (Å²) in [5, 5.41) is 11.6. The largest absolute Gasteiger partial charge is 0.478 e. The van der Waals surface area contributed by atoms with Gasteiger partial charge in [0, 0.05) is 5.50 Å². The number of benzene rings is 1. The standard InChI is InChI=1S/C13H21ClO2Si2/c1-17(2,3)11-6-10(13(15)16)7-12(8-11)18(4,5)9-14/h6-8H,9H2,1-5H3,(H,15,16). The van der Waals surface area contributed by atoms with Crippen LogP contribution in [0.15, 0.2) is 18.2 Å². The molecule has 0 saturated carbocycles. The van der Waals surface area contributed by atoms with Gasteiger partial charge in [-0.25, -0.2) is 4.79 Å². The smallest absolute Gasteiger partial charge is 0.335 e. The predicted octanol–water partition coefficient (Wildman–Crippen LogP) is 2.62. The summed E-state index contributed by atoms with van der Waals surface area (Å²) in [7, 11) is -3.23. The van der Waals surface area contributed by atoms with E-state index in [1.807, 2.05) is 6.07 Å². The summed E-state index contributed by atoms with van der Waals surface area (Å²) < 4.78 is 0. The van der Waals surface area contributed by atoms with E-state index < -0.39 is 22.1 Å². The van der Waals surface area contributed by atoms with Crippen LogP contribution in [0.4, 0.5) is 0 Å². The van der Waals surface area contributed by atoms with Gasteiger partial charge >= 0.3 is 5.97 Å². The number of alkyl halides is 1. The second-order valence-corrected chi connectivity index (χ2v) is 16.9. The summed E-state index contributed by atoms with van der Waals surface area (Å²) in [6.45, 7) is 11.0. The molecule has 0 saturated heterocycles. The molecule has 1 aromatic rings. The zero-order valence-electron chi connectivity index (χ0n) is 11.7. The van der Waals surface area contributed by atoms with Crippen molar-refractivity contribution in [1.82, 2.24) is 0 Å². The molecule has 100 valence electrons. The molecule has 0 radical (unpaired) electrons. The lowest BCUT2D eigenvalue weighted by Gasteiger charge is -2.24. The SMILES string of the molecule is C[Si](C)(C)c1cc(C(=O)O)cc([Si](C)(C)CCl)c1. The normalized spacial score (nSPS) is 12.6. The summed E-state index contributed by atoms with van der Waals surface area (Å²) in [6.07, 6.45) is 0. The maximum absolute atomic E-state index is 11.2. The molecule has 0 aliphatic heterocycles. The highest BCUT2D eigenvalue weighted by molar-refractivity contribution is 6.95. The van der Waals surface area contributed by atoms with Gasteiger partial charge in [-0.3, -0.25) is 0 Å². The molecular weight excluding hydrogens is 280 g/mol. The summed E-state index contributed by atoms with van der Waals surface area (Å²) in [6, 6.07) is 5.82. The Morgan fingerprint density at radius 1 is 1.11 bits per heavy atom. The lowest BCUT2D eigenvalue weighted by molar-refractivity contribution is 0.0697. The van der Waals surface area contributed by atoms with Gasteiger partial charge in [-0.15, -0.1) is 11.6 Å². The highest BCUT2D eigenvalue weighted by Gasteiger charge is 2.26. The molecule has 0 amide bonds. The number of aromatic carboxylic acids is 1. The molecule has 0 aliphatic carbocycles. The summed E-state index contributed by atoms with van der Waals surface area (Å²) in [5.74, 6) is -0.851. The van der Waals surface area contributed by atoms with E-state index in [4.69, 9.17) is 11.6 Å². The Morgan fingerprint density at radius 2 is 1.61 bits per heavy atom. The molecule has 1 rings (SSSR count). The number of halogens is 1. The third-order valence-electron chi connectivity index (χ3n) is 3.16. The van der Waals surface area contributed by atoms with Gasteiger partial charge in [-0.2, -0.15) is 0 Å². The molecule has 0 heterocycles. The highest BCUT2D eigenvalue weighted by Crippen LogP contribution is 2.10. The van der Waals surface area contributed by atoms with Crippen molar-refractivity contribution in [3.8, 4) is 0 Å². The van der Waals surface area contributed by atoms with E-state index in [0.717, 1.165) is 5.19 Å². The molecule has 0 bridgehead atoms. The Balaban J connectivity index is 3.46. The molecule has 1 aromatic carbocycles. The van der Waals surface area contributed by atoms with E-state index in [1.54, 1.807) is 6.07 Å². The topological polar surface area (TPSA) is 37.3 Å². The monoisotopic (exact) mass is 300 g/mol. The summed E-state index contributed by atoms with van der Waals surface area (Å²) in [4.78, 5) is 11.2. The molecule has 0 aliphatic rings. The third-order valence-corrected chi connectivity index (χ3v) is 9.71. The second kappa shape index (κ2) is 5.19. The Morgan fingerprint density at radius 3 is 2.00 bits per heavy atom. The highest BCUT2D eigenvalue weighted by atomic mass is 35.5. The molecule has 0 aromatic heterocycles. The van der Waals surface area contributed by atoms with Gasteiger partial charge in [0.05, 0.1) is 21.7 Å². The van der Waals surface area contributed by atoms with E-state index in [1.165, 1.54) is 5.19 Å². The van der Waals surface area contributed by atoms with Crippen molar-refractivity contribution in [3.63, 3.8) is 0 Å². The molecule has 0 unspecified atom stereocenters. The number of rotatable bonds is 4. The quantitative estimate of drug-likeness (QED) is 0.685. The van der Waals surface area contributed by atoms with E-state index in [2.05, 4.69) is 38.8 Å². The van der Waals surface area contributed by atoms with Gasteiger partial charge < -0.3 is 5.11 Å². The Bertz CT molecular complexity index is 465. The maximum Gasteiger partial charge on any atom is 0.335 e. The zero-order valence-corrected chi connectivity index (χ0v) is 14.4. The van der Waals surface area contributed by atoms with E-state index in [0.29, 0.717) is 11.1 Å². The predicted molar refractivity (Wildman–Crippen MR) is 84.2 cm³/mol. The zero-order chi connectivity index (χ0) is 14.1. The van der Waals surface area contributed by atoms with Crippen LogP contribution in [-0.2, 0) is 0 Å². The lowest BCUT2D eigenvalue weighted by atomic mass is 10.2. The fourth-order valence-corrected chi connectivity index (χ4v) is 4.68. The molecule has 0 atom stereocenters. The van der Waals surface area contributed by atoms with Crippen LogP contribution in [0, 0.1) is 0 Å². The number of carboxylic acid groups (broad SMARTS) is 1. The summed E-state index contributed by atoms with van der Waals surface area (Å²) in [5.41, 5.74) is 1.01. The van der Waals surface area contributed by atoms with Crippen molar-refractivity contribution < 1.29 is 9.90 Å². The van der Waals surface area contributed by atoms with Crippen molar-refractivity contribution in [2.75, 3.05) is 5.50 Å². The number of hydrogen-bond acceptors (Lipinski definition) is 1. The molecule has 0 fully saturated rings. The lowest BCUT2D eigenvalue weighted by Crippen LogP contribution is -2.48. The van der Waals surface area contributed by atoms with Crippen LogP contribution in [0.25, 0.3) is 0 Å². The van der Waals surface area contributed by atoms with Crippen LogP contribution in [-0.4, -0.2) is 32.7 Å². The minimum atomic E-state index is -1.72. The van der Waals surface area contributed by atoms with E-state index in [-0.39, 0.29) is 0 Å². The number of carbonyl (C=O) groups is 1. The Hall–Kier alpha value is -0.586. The molecule has 0 spiro atoms. The molecule has 2 nitrogen and oxygen atoms in total. The Kier molecular flexibility index (Phi) is 4.46. The molecule has 1 N–H and O–H groups in total. The van der Waals surface area contributed by atoms with Crippen molar-refractivity contribution in [1.29, 1.82) is 0 Å². The minimum absolute atomic E-state index is 0.399. The van der Waals surface area contributed by atoms with Gasteiger partial charge in [0.2, 0.25) is 0 Å². The van der Waals surface area contributed by atoms with E-state index in [9.17, 15) is 9.90 Å². The second-order valence-electron chi connectivity index (χ2n) is 6.37. The van der Waals surface area contributed by atoms with Gasteiger partial charge in [-0.05, 0) is 12.1 Å². The minimum Gasteiger partial charge on any atom is -0.478 e. The first kappa shape index (κ1) is 15.5. The number of carboxylic acids is 1. The van der Waals surface area contributed by atoms with Gasteiger partial charge in [0.25, 0.3) is 0 Å². The average Bonchev–Trinajstić information content (AvgIpc) is 2.27. The van der Waals surface area contributed by atoms with Gasteiger partial charge in [0.15, 0.2) is 0 Å². The molecule has 5 heteroatoms.